The Morgan fingerprint density at radius 3 is 3.06 bits per heavy atom. The Morgan fingerprint density at radius 2 is 2.29 bits per heavy atom. The van der Waals surface area contributed by atoms with Crippen LogP contribution < -0.4 is 20.7 Å². The lowest BCUT2D eigenvalue weighted by Gasteiger charge is -2.23. The summed E-state index contributed by atoms with van der Waals surface area (Å²) in [6.45, 7) is 1.88. The molecule has 1 heterocycles. The van der Waals surface area contributed by atoms with E-state index in [0.717, 1.165) is 30.9 Å². The fourth-order valence-corrected chi connectivity index (χ4v) is 1.94. The van der Waals surface area contributed by atoms with Crippen LogP contribution in [-0.4, -0.2) is 32.7 Å². The molecule has 5 nitrogen and oxygen atoms in total. The first-order chi connectivity index (χ1) is 8.20. The number of nitrogens with two attached hydrogens (primary N) is 1. The topological polar surface area (TPSA) is 67.6 Å². The molecule has 5 heteroatoms. The number of carbonyl (C=O) groups is 1. The number of hydrogen-bond acceptors (Lipinski definition) is 4. The second-order valence-corrected chi connectivity index (χ2v) is 4.05. The number of anilines is 2. The van der Waals surface area contributed by atoms with Gasteiger partial charge in [0.15, 0.2) is 0 Å². The molecular formula is C12H17N3O2. The second kappa shape index (κ2) is 4.95. The van der Waals surface area contributed by atoms with Crippen LogP contribution in [0.3, 0.4) is 0 Å². The summed E-state index contributed by atoms with van der Waals surface area (Å²) < 4.78 is 5.18. The minimum absolute atomic E-state index is 0.0321. The summed E-state index contributed by atoms with van der Waals surface area (Å²) in [5.74, 6) is 0.781. The summed E-state index contributed by atoms with van der Waals surface area (Å²) in [6, 6.07) is 5.49. The molecule has 0 radical (unpaired) electrons. The maximum atomic E-state index is 11.5. The third kappa shape index (κ3) is 2.61. The summed E-state index contributed by atoms with van der Waals surface area (Å²) in [7, 11) is 1.62. The molecule has 2 rings (SSSR count). The number of methoxy groups -OCH3 is 1. The summed E-state index contributed by atoms with van der Waals surface area (Å²) in [6.07, 6.45) is 0.919. The van der Waals surface area contributed by atoms with E-state index in [4.69, 9.17) is 10.5 Å². The van der Waals surface area contributed by atoms with Crippen molar-refractivity contribution in [3.8, 4) is 5.75 Å². The van der Waals surface area contributed by atoms with Gasteiger partial charge in [0.05, 0.1) is 25.0 Å². The van der Waals surface area contributed by atoms with E-state index < -0.39 is 0 Å². The standard InChI is InChI=1S/C12H17N3O2/c1-17-9-3-4-10(13)11(7-9)15-6-2-5-14-12(16)8-15/h3-4,7H,2,5-6,8,13H2,1H3,(H,14,16). The molecular weight excluding hydrogens is 218 g/mol. The molecule has 0 atom stereocenters. The Morgan fingerprint density at radius 1 is 1.47 bits per heavy atom. The normalized spacial score (nSPS) is 16.3. The molecule has 1 aromatic rings. The molecule has 0 aromatic heterocycles. The number of nitrogen functional groups attached to an aromatic ring is 1. The van der Waals surface area contributed by atoms with Crippen LogP contribution in [0.15, 0.2) is 18.2 Å². The van der Waals surface area contributed by atoms with Gasteiger partial charge in [-0.1, -0.05) is 0 Å². The zero-order chi connectivity index (χ0) is 12.3. The molecule has 1 aliphatic rings. The first kappa shape index (κ1) is 11.6. The fraction of sp³-hybridized carbons (Fsp3) is 0.417. The quantitative estimate of drug-likeness (QED) is 0.737. The van der Waals surface area contributed by atoms with Gasteiger partial charge in [0.25, 0.3) is 0 Å². The van der Waals surface area contributed by atoms with Crippen molar-refractivity contribution >= 4 is 17.3 Å². The number of benzene rings is 1. The second-order valence-electron chi connectivity index (χ2n) is 4.05. The van der Waals surface area contributed by atoms with Crippen LogP contribution in [0.1, 0.15) is 6.42 Å². The minimum atomic E-state index is 0.0321. The lowest BCUT2D eigenvalue weighted by molar-refractivity contribution is -0.119. The molecule has 1 amide bonds. The van der Waals surface area contributed by atoms with Crippen LogP contribution in [-0.2, 0) is 4.79 Å². The first-order valence-electron chi connectivity index (χ1n) is 5.66. The smallest absolute Gasteiger partial charge is 0.239 e. The SMILES string of the molecule is COc1ccc(N)c(N2CCCNC(=O)C2)c1. The molecule has 0 spiro atoms. The number of carbonyl (C=O) groups excluding carboxylic acids is 1. The molecule has 0 aliphatic carbocycles. The van der Waals surface area contributed by atoms with Crippen LogP contribution in [0.25, 0.3) is 0 Å². The van der Waals surface area contributed by atoms with Gasteiger partial charge in [-0.25, -0.2) is 0 Å². The third-order valence-electron chi connectivity index (χ3n) is 2.84. The van der Waals surface area contributed by atoms with E-state index in [9.17, 15) is 4.79 Å². The highest BCUT2D eigenvalue weighted by Gasteiger charge is 2.17. The van der Waals surface area contributed by atoms with E-state index in [0.29, 0.717) is 12.2 Å². The van der Waals surface area contributed by atoms with Crippen molar-refractivity contribution in [2.24, 2.45) is 0 Å². The van der Waals surface area contributed by atoms with Crippen molar-refractivity contribution in [2.45, 2.75) is 6.42 Å². The van der Waals surface area contributed by atoms with Crippen LogP contribution >= 0.6 is 0 Å². The van der Waals surface area contributed by atoms with Crippen molar-refractivity contribution in [3.63, 3.8) is 0 Å². The summed E-state index contributed by atoms with van der Waals surface area (Å²) in [5, 5.41) is 2.84. The molecule has 0 bridgehead atoms. The molecule has 1 fully saturated rings. The van der Waals surface area contributed by atoms with E-state index in [1.807, 2.05) is 17.0 Å². The van der Waals surface area contributed by atoms with Crippen LogP contribution in [0.4, 0.5) is 11.4 Å². The van der Waals surface area contributed by atoms with E-state index in [1.54, 1.807) is 13.2 Å². The Hall–Kier alpha value is -1.91. The van der Waals surface area contributed by atoms with Gasteiger partial charge in [-0.2, -0.15) is 0 Å². The van der Waals surface area contributed by atoms with Gasteiger partial charge >= 0.3 is 0 Å². The highest BCUT2D eigenvalue weighted by molar-refractivity contribution is 5.83. The zero-order valence-electron chi connectivity index (χ0n) is 9.90. The van der Waals surface area contributed by atoms with E-state index in [1.165, 1.54) is 0 Å². The van der Waals surface area contributed by atoms with E-state index >= 15 is 0 Å². The zero-order valence-corrected chi connectivity index (χ0v) is 9.90. The highest BCUT2D eigenvalue weighted by Crippen LogP contribution is 2.28. The molecule has 1 saturated heterocycles. The monoisotopic (exact) mass is 235 g/mol. The predicted molar refractivity (Wildman–Crippen MR) is 67.2 cm³/mol. The largest absolute Gasteiger partial charge is 0.497 e. The van der Waals surface area contributed by atoms with Crippen LogP contribution in [0.2, 0.25) is 0 Å². The van der Waals surface area contributed by atoms with Crippen molar-refractivity contribution < 1.29 is 9.53 Å². The molecule has 92 valence electrons. The number of hydrogen-bond donors (Lipinski definition) is 2. The molecule has 0 unspecified atom stereocenters. The van der Waals surface area contributed by atoms with Gasteiger partial charge in [-0.3, -0.25) is 4.79 Å². The molecule has 3 N–H and O–H groups in total. The maximum absolute atomic E-state index is 11.5. The Kier molecular flexibility index (Phi) is 3.37. The van der Waals surface area contributed by atoms with Gasteiger partial charge in [0.2, 0.25) is 5.91 Å². The molecule has 1 aromatic carbocycles. The average Bonchev–Trinajstić information content (AvgIpc) is 2.54. The minimum Gasteiger partial charge on any atom is -0.497 e. The van der Waals surface area contributed by atoms with Gasteiger partial charge in [0, 0.05) is 19.2 Å². The van der Waals surface area contributed by atoms with Gasteiger partial charge in [-0.05, 0) is 18.6 Å². The highest BCUT2D eigenvalue weighted by atomic mass is 16.5. The van der Waals surface area contributed by atoms with Crippen molar-refractivity contribution in [2.75, 3.05) is 37.4 Å². The summed E-state index contributed by atoms with van der Waals surface area (Å²) in [5.41, 5.74) is 7.47. The number of nitrogens with zero attached hydrogens (tertiary/aromatic N) is 1. The van der Waals surface area contributed by atoms with Gasteiger partial charge in [0.1, 0.15) is 5.75 Å². The number of rotatable bonds is 2. The fourth-order valence-electron chi connectivity index (χ4n) is 1.94. The summed E-state index contributed by atoms with van der Waals surface area (Å²) >= 11 is 0. The van der Waals surface area contributed by atoms with E-state index in [-0.39, 0.29) is 5.91 Å². The third-order valence-corrected chi connectivity index (χ3v) is 2.84. The molecule has 1 aliphatic heterocycles. The Balaban J connectivity index is 2.27. The molecule has 0 saturated carbocycles. The number of amides is 1. The van der Waals surface area contributed by atoms with Crippen LogP contribution in [0, 0.1) is 0 Å². The lowest BCUT2D eigenvalue weighted by atomic mass is 10.2. The lowest BCUT2D eigenvalue weighted by Crippen LogP contribution is -2.33. The summed E-state index contributed by atoms with van der Waals surface area (Å²) in [4.78, 5) is 13.5. The molecule has 17 heavy (non-hydrogen) atoms. The van der Waals surface area contributed by atoms with Crippen molar-refractivity contribution in [1.82, 2.24) is 5.32 Å². The Labute approximate surface area is 101 Å². The Bertz CT molecular complexity index is 420. The van der Waals surface area contributed by atoms with Gasteiger partial charge in [-0.15, -0.1) is 0 Å². The average molecular weight is 235 g/mol. The van der Waals surface area contributed by atoms with Crippen molar-refractivity contribution in [1.29, 1.82) is 0 Å². The predicted octanol–water partition coefficient (Wildman–Crippen LogP) is 0.604. The van der Waals surface area contributed by atoms with E-state index in [2.05, 4.69) is 5.32 Å². The maximum Gasteiger partial charge on any atom is 0.239 e. The van der Waals surface area contributed by atoms with Crippen LogP contribution in [0.5, 0.6) is 5.75 Å². The number of nitrogens with one attached hydrogen (secondary N) is 1. The van der Waals surface area contributed by atoms with Gasteiger partial charge < -0.3 is 20.7 Å². The first-order valence-corrected chi connectivity index (χ1v) is 5.66. The van der Waals surface area contributed by atoms with Crippen molar-refractivity contribution in [3.05, 3.63) is 18.2 Å². The number of ether oxygens (including phenoxy) is 1.